The molecule has 1 fully saturated rings. The molecule has 38 heavy (non-hydrogen) atoms. The first-order valence-electron chi connectivity index (χ1n) is 12.3. The monoisotopic (exact) mass is 529 g/mol. The number of amides is 1. The van der Waals surface area contributed by atoms with Gasteiger partial charge in [0.25, 0.3) is 0 Å². The van der Waals surface area contributed by atoms with Gasteiger partial charge in [-0.2, -0.15) is 13.2 Å². The third-order valence-electron chi connectivity index (χ3n) is 6.11. The molecule has 0 unspecified atom stereocenters. The van der Waals surface area contributed by atoms with Gasteiger partial charge < -0.3 is 24.3 Å². The van der Waals surface area contributed by atoms with Crippen LogP contribution >= 0.6 is 0 Å². The van der Waals surface area contributed by atoms with Gasteiger partial charge in [0, 0.05) is 0 Å². The van der Waals surface area contributed by atoms with Gasteiger partial charge >= 0.3 is 12.1 Å². The van der Waals surface area contributed by atoms with E-state index in [1.54, 1.807) is 0 Å². The minimum Gasteiger partial charge on any atom is -0.374 e. The Hall–Kier alpha value is -3.24. The van der Waals surface area contributed by atoms with Crippen LogP contribution in [-0.2, 0) is 43.6 Å². The number of ether oxygens (including phenoxy) is 4. The molecule has 4 rings (SSSR count). The second-order valence-corrected chi connectivity index (χ2v) is 8.97. The third-order valence-corrected chi connectivity index (χ3v) is 6.11. The fourth-order valence-corrected chi connectivity index (χ4v) is 4.19. The molecule has 0 aromatic heterocycles. The van der Waals surface area contributed by atoms with E-state index in [2.05, 4.69) is 0 Å². The number of rotatable bonds is 11. The molecule has 1 amide bonds. The number of halogens is 3. The Morgan fingerprint density at radius 2 is 1.24 bits per heavy atom. The average Bonchev–Trinajstić information content (AvgIpc) is 2.93. The average molecular weight is 530 g/mol. The summed E-state index contributed by atoms with van der Waals surface area (Å²) in [4.78, 5) is 11.8. The van der Waals surface area contributed by atoms with Gasteiger partial charge in [-0.15, -0.1) is 0 Å². The Morgan fingerprint density at radius 1 is 0.763 bits per heavy atom. The molecule has 9 heteroatoms. The van der Waals surface area contributed by atoms with Gasteiger partial charge in [0.15, 0.2) is 0 Å². The number of hydrogen-bond donors (Lipinski definition) is 1. The van der Waals surface area contributed by atoms with Crippen LogP contribution < -0.4 is 5.32 Å². The van der Waals surface area contributed by atoms with Gasteiger partial charge in [-0.3, -0.25) is 4.79 Å². The first-order chi connectivity index (χ1) is 18.4. The number of alkyl halides is 3. The summed E-state index contributed by atoms with van der Waals surface area (Å²) in [7, 11) is 0. The largest absolute Gasteiger partial charge is 0.471 e. The van der Waals surface area contributed by atoms with Gasteiger partial charge in [-0.25, -0.2) is 0 Å². The van der Waals surface area contributed by atoms with Crippen LogP contribution in [0.5, 0.6) is 0 Å². The SMILES string of the molecule is O=C(N[C@@H]1CO[C@H](COCc2ccccc2)[C@H](OCc2ccccc2)[C@@H]1OCc1ccccc1)C(F)(F)F. The minimum absolute atomic E-state index is 0.118. The number of hydrogen-bond acceptors (Lipinski definition) is 5. The van der Waals surface area contributed by atoms with Crippen LogP contribution in [0, 0.1) is 0 Å². The van der Waals surface area contributed by atoms with E-state index in [4.69, 9.17) is 18.9 Å². The summed E-state index contributed by atoms with van der Waals surface area (Å²) in [6, 6.07) is 27.1. The summed E-state index contributed by atoms with van der Waals surface area (Å²) in [6.45, 7) is 0.559. The Balaban J connectivity index is 1.53. The Morgan fingerprint density at radius 3 is 1.74 bits per heavy atom. The molecule has 1 saturated heterocycles. The summed E-state index contributed by atoms with van der Waals surface area (Å²) in [6.07, 6.45) is -7.42. The van der Waals surface area contributed by atoms with Gasteiger partial charge in [0.2, 0.25) is 0 Å². The lowest BCUT2D eigenvalue weighted by molar-refractivity contribution is -0.213. The molecule has 3 aromatic rings. The van der Waals surface area contributed by atoms with Gasteiger partial charge in [0.1, 0.15) is 18.3 Å². The van der Waals surface area contributed by atoms with Crippen molar-refractivity contribution in [2.75, 3.05) is 13.2 Å². The third kappa shape index (κ3) is 8.13. The molecule has 0 aliphatic carbocycles. The Kier molecular flexibility index (Phi) is 9.89. The number of carbonyl (C=O) groups excluding carboxylic acids is 1. The molecule has 1 heterocycles. The quantitative estimate of drug-likeness (QED) is 0.386. The predicted molar refractivity (Wildman–Crippen MR) is 134 cm³/mol. The van der Waals surface area contributed by atoms with E-state index in [1.807, 2.05) is 96.3 Å². The summed E-state index contributed by atoms with van der Waals surface area (Å²) in [5.41, 5.74) is 2.68. The summed E-state index contributed by atoms with van der Waals surface area (Å²) >= 11 is 0. The second kappa shape index (κ2) is 13.5. The maximum Gasteiger partial charge on any atom is 0.471 e. The van der Waals surface area contributed by atoms with Gasteiger partial charge in [-0.05, 0) is 16.7 Å². The highest BCUT2D eigenvalue weighted by Gasteiger charge is 2.47. The lowest BCUT2D eigenvalue weighted by Crippen LogP contribution is -2.62. The molecular formula is C29H30F3NO5. The topological polar surface area (TPSA) is 66.0 Å². The van der Waals surface area contributed by atoms with E-state index in [0.717, 1.165) is 16.7 Å². The molecule has 0 bridgehead atoms. The van der Waals surface area contributed by atoms with E-state index >= 15 is 0 Å². The van der Waals surface area contributed by atoms with Crippen LogP contribution in [0.2, 0.25) is 0 Å². The molecule has 0 spiro atoms. The molecule has 4 atom stereocenters. The Bertz CT molecular complexity index is 1120. The van der Waals surface area contributed by atoms with Crippen molar-refractivity contribution in [3.63, 3.8) is 0 Å². The fraction of sp³-hybridized carbons (Fsp3) is 0.345. The van der Waals surface area contributed by atoms with Crippen molar-refractivity contribution >= 4 is 5.91 Å². The first-order valence-corrected chi connectivity index (χ1v) is 12.3. The minimum atomic E-state index is -5.04. The zero-order valence-corrected chi connectivity index (χ0v) is 20.7. The maximum absolute atomic E-state index is 13.1. The van der Waals surface area contributed by atoms with Crippen molar-refractivity contribution in [1.29, 1.82) is 0 Å². The highest BCUT2D eigenvalue weighted by Crippen LogP contribution is 2.26. The highest BCUT2D eigenvalue weighted by molar-refractivity contribution is 5.82. The molecule has 1 aliphatic rings. The van der Waals surface area contributed by atoms with Gasteiger partial charge in [0.05, 0.1) is 39.1 Å². The van der Waals surface area contributed by atoms with Crippen molar-refractivity contribution in [2.45, 2.75) is 50.4 Å². The number of carbonyl (C=O) groups is 1. The fourth-order valence-electron chi connectivity index (χ4n) is 4.19. The van der Waals surface area contributed by atoms with Crippen molar-refractivity contribution in [3.8, 4) is 0 Å². The highest BCUT2D eigenvalue weighted by atomic mass is 19.4. The normalized spacial score (nSPS) is 21.7. The van der Waals surface area contributed by atoms with E-state index in [9.17, 15) is 18.0 Å². The molecule has 202 valence electrons. The standard InChI is InChI=1S/C29H30F3NO5/c30-29(31,32)28(34)33-24-19-36-25(20-35-16-21-10-4-1-5-11-21)27(38-18-23-14-8-3-9-15-23)26(24)37-17-22-12-6-2-7-13-22/h1-15,24-27H,16-20H2,(H,33,34)/t24-,25-,26-,27+/m1/s1. The van der Waals surface area contributed by atoms with Crippen molar-refractivity contribution < 1.29 is 36.9 Å². The molecule has 0 radical (unpaired) electrons. The lowest BCUT2D eigenvalue weighted by Gasteiger charge is -2.42. The van der Waals surface area contributed by atoms with Gasteiger partial charge in [-0.1, -0.05) is 91.0 Å². The number of nitrogens with one attached hydrogen (secondary N) is 1. The van der Waals surface area contributed by atoms with Crippen LogP contribution in [0.15, 0.2) is 91.0 Å². The van der Waals surface area contributed by atoms with E-state index in [0.29, 0.717) is 6.61 Å². The smallest absolute Gasteiger partial charge is 0.374 e. The van der Waals surface area contributed by atoms with Crippen molar-refractivity contribution in [2.24, 2.45) is 0 Å². The summed E-state index contributed by atoms with van der Waals surface area (Å²) < 4.78 is 63.5. The first kappa shape index (κ1) is 27.8. The van der Waals surface area contributed by atoms with E-state index in [1.165, 1.54) is 0 Å². The molecule has 1 aliphatic heterocycles. The summed E-state index contributed by atoms with van der Waals surface area (Å²) in [5, 5.41) is 2.04. The zero-order chi connectivity index (χ0) is 26.8. The zero-order valence-electron chi connectivity index (χ0n) is 20.7. The predicted octanol–water partition coefficient (Wildman–Crippen LogP) is 4.82. The molecule has 1 N–H and O–H groups in total. The van der Waals surface area contributed by atoms with E-state index < -0.39 is 36.4 Å². The van der Waals surface area contributed by atoms with Crippen LogP contribution in [0.25, 0.3) is 0 Å². The van der Waals surface area contributed by atoms with Crippen LogP contribution in [-0.4, -0.2) is 49.7 Å². The number of benzene rings is 3. The van der Waals surface area contributed by atoms with Crippen LogP contribution in [0.3, 0.4) is 0 Å². The summed E-state index contributed by atoms with van der Waals surface area (Å²) in [5.74, 6) is -2.06. The maximum atomic E-state index is 13.1. The molecule has 3 aromatic carbocycles. The second-order valence-electron chi connectivity index (χ2n) is 8.97. The van der Waals surface area contributed by atoms with Crippen molar-refractivity contribution in [3.05, 3.63) is 108 Å². The van der Waals surface area contributed by atoms with E-state index in [-0.39, 0.29) is 26.4 Å². The Labute approximate surface area is 219 Å². The van der Waals surface area contributed by atoms with Crippen molar-refractivity contribution in [1.82, 2.24) is 5.32 Å². The molecule has 0 saturated carbocycles. The molecular weight excluding hydrogens is 499 g/mol. The van der Waals surface area contributed by atoms with Crippen LogP contribution in [0.4, 0.5) is 13.2 Å². The van der Waals surface area contributed by atoms with Crippen LogP contribution in [0.1, 0.15) is 16.7 Å². The molecule has 6 nitrogen and oxygen atoms in total. The lowest BCUT2D eigenvalue weighted by atomic mass is 9.97.